The van der Waals surface area contributed by atoms with Crippen molar-refractivity contribution in [1.29, 1.82) is 0 Å². The molecule has 0 unspecified atom stereocenters. The second kappa shape index (κ2) is 5.33. The van der Waals surface area contributed by atoms with Gasteiger partial charge in [-0.1, -0.05) is 34.6 Å². The fourth-order valence-electron chi connectivity index (χ4n) is 2.07. The zero-order valence-corrected chi connectivity index (χ0v) is 10.5. The van der Waals surface area contributed by atoms with Gasteiger partial charge < -0.3 is 4.84 Å². The predicted octanol–water partition coefficient (Wildman–Crippen LogP) is 3.44. The van der Waals surface area contributed by atoms with E-state index in [-0.39, 0.29) is 17.4 Å². The van der Waals surface area contributed by atoms with E-state index >= 15 is 0 Å². The molecule has 90 valence electrons. The smallest absolute Gasteiger partial charge is 0.294 e. The van der Waals surface area contributed by atoms with Crippen molar-refractivity contribution in [1.82, 2.24) is 0 Å². The molecule has 0 aromatic heterocycles. The first-order chi connectivity index (χ1) is 6.74. The van der Waals surface area contributed by atoms with Crippen molar-refractivity contribution >= 4 is 0 Å². The van der Waals surface area contributed by atoms with Crippen molar-refractivity contribution in [3.8, 4) is 0 Å². The third-order valence-corrected chi connectivity index (χ3v) is 2.88. The van der Waals surface area contributed by atoms with Gasteiger partial charge in [0.2, 0.25) is 0 Å². The Morgan fingerprint density at radius 1 is 1.20 bits per heavy atom. The summed E-state index contributed by atoms with van der Waals surface area (Å²) in [5.74, 6) is 0. The highest BCUT2D eigenvalue weighted by molar-refractivity contribution is 4.81. The van der Waals surface area contributed by atoms with Crippen LogP contribution in [0.15, 0.2) is 0 Å². The Balaban J connectivity index is 4.50. The molecule has 0 saturated carbocycles. The monoisotopic (exact) mass is 217 g/mol. The maximum Gasteiger partial charge on any atom is 0.294 e. The lowest BCUT2D eigenvalue weighted by molar-refractivity contribution is -0.761. The summed E-state index contributed by atoms with van der Waals surface area (Å²) in [4.78, 5) is 14.8. The molecule has 0 rings (SSSR count). The standard InChI is InChI=1S/C11H23NO3/c1-6-11(7-2,8-10(3,4)5)9-15-12(13)14/h6-9H2,1-5H3. The largest absolute Gasteiger partial charge is 0.313 e. The van der Waals surface area contributed by atoms with Gasteiger partial charge in [0.15, 0.2) is 0 Å². The first-order valence-corrected chi connectivity index (χ1v) is 5.52. The van der Waals surface area contributed by atoms with Crippen LogP contribution < -0.4 is 0 Å². The lowest BCUT2D eigenvalue weighted by Crippen LogP contribution is -2.31. The molecule has 0 bridgehead atoms. The SMILES string of the molecule is CCC(CC)(CO[N+](=O)[O-])CC(C)(C)C. The van der Waals surface area contributed by atoms with Gasteiger partial charge in [-0.2, -0.15) is 0 Å². The highest BCUT2D eigenvalue weighted by Gasteiger charge is 2.32. The molecular formula is C11H23NO3. The van der Waals surface area contributed by atoms with Crippen LogP contribution in [0.2, 0.25) is 0 Å². The second-order valence-electron chi connectivity index (χ2n) is 5.44. The van der Waals surface area contributed by atoms with Gasteiger partial charge in [0, 0.05) is 0 Å². The van der Waals surface area contributed by atoms with Gasteiger partial charge in [-0.3, -0.25) is 0 Å². The summed E-state index contributed by atoms with van der Waals surface area (Å²) < 4.78 is 0. The molecule has 0 atom stereocenters. The first-order valence-electron chi connectivity index (χ1n) is 5.52. The summed E-state index contributed by atoms with van der Waals surface area (Å²) in [5, 5.41) is 9.54. The average molecular weight is 217 g/mol. The van der Waals surface area contributed by atoms with Gasteiger partial charge in [0.1, 0.15) is 6.61 Å². The first kappa shape index (κ1) is 14.2. The van der Waals surface area contributed by atoms with Crippen molar-refractivity contribution in [2.75, 3.05) is 6.61 Å². The van der Waals surface area contributed by atoms with Crippen LogP contribution in [0.4, 0.5) is 0 Å². The summed E-state index contributed by atoms with van der Waals surface area (Å²) in [5.41, 5.74) is 0.108. The molecule has 0 aliphatic heterocycles. The Bertz CT molecular complexity index is 204. The molecule has 0 heterocycles. The van der Waals surface area contributed by atoms with Crippen LogP contribution in [0.25, 0.3) is 0 Å². The molecule has 15 heavy (non-hydrogen) atoms. The Hall–Kier alpha value is -0.800. The van der Waals surface area contributed by atoms with E-state index in [1.165, 1.54) is 0 Å². The van der Waals surface area contributed by atoms with E-state index in [0.29, 0.717) is 0 Å². The van der Waals surface area contributed by atoms with Crippen molar-refractivity contribution < 1.29 is 9.92 Å². The number of rotatable bonds is 6. The molecule has 0 fully saturated rings. The molecule has 0 N–H and O–H groups in total. The van der Waals surface area contributed by atoms with Crippen molar-refractivity contribution in [2.24, 2.45) is 10.8 Å². The highest BCUT2D eigenvalue weighted by atomic mass is 16.9. The molecule has 4 heteroatoms. The van der Waals surface area contributed by atoms with Crippen molar-refractivity contribution in [2.45, 2.75) is 53.9 Å². The zero-order valence-electron chi connectivity index (χ0n) is 10.5. The Morgan fingerprint density at radius 3 is 1.93 bits per heavy atom. The molecule has 4 nitrogen and oxygen atoms in total. The molecule has 0 spiro atoms. The van der Waals surface area contributed by atoms with E-state index in [4.69, 9.17) is 0 Å². The lowest BCUT2D eigenvalue weighted by Gasteiger charge is -2.36. The number of hydrogen-bond acceptors (Lipinski definition) is 3. The average Bonchev–Trinajstić information content (AvgIpc) is 2.10. The maximum absolute atomic E-state index is 10.2. The predicted molar refractivity (Wildman–Crippen MR) is 60.0 cm³/mol. The van der Waals surface area contributed by atoms with Gasteiger partial charge in [-0.05, 0) is 30.1 Å². The lowest BCUT2D eigenvalue weighted by atomic mass is 9.71. The van der Waals surface area contributed by atoms with E-state index in [0.717, 1.165) is 19.3 Å². The summed E-state index contributed by atoms with van der Waals surface area (Å²) in [6.45, 7) is 10.8. The number of hydrogen-bond donors (Lipinski definition) is 0. The van der Waals surface area contributed by atoms with E-state index in [2.05, 4.69) is 39.5 Å². The van der Waals surface area contributed by atoms with E-state index < -0.39 is 5.09 Å². The normalized spacial score (nSPS) is 12.6. The third kappa shape index (κ3) is 5.60. The van der Waals surface area contributed by atoms with E-state index in [9.17, 15) is 10.1 Å². The van der Waals surface area contributed by atoms with Crippen LogP contribution in [0.3, 0.4) is 0 Å². The molecule has 0 amide bonds. The van der Waals surface area contributed by atoms with Crippen LogP contribution in [0.1, 0.15) is 53.9 Å². The summed E-state index contributed by atoms with van der Waals surface area (Å²) in [7, 11) is 0. The van der Waals surface area contributed by atoms with E-state index in [1.807, 2.05) is 0 Å². The van der Waals surface area contributed by atoms with Crippen molar-refractivity contribution in [3.63, 3.8) is 0 Å². The fraction of sp³-hybridized carbons (Fsp3) is 1.00. The molecule has 0 radical (unpaired) electrons. The van der Waals surface area contributed by atoms with Gasteiger partial charge in [-0.25, -0.2) is 0 Å². The second-order valence-corrected chi connectivity index (χ2v) is 5.44. The van der Waals surface area contributed by atoms with Crippen LogP contribution in [-0.4, -0.2) is 11.7 Å². The van der Waals surface area contributed by atoms with Crippen molar-refractivity contribution in [3.05, 3.63) is 10.1 Å². The highest BCUT2D eigenvalue weighted by Crippen LogP contribution is 2.39. The number of nitrogens with zero attached hydrogens (tertiary/aromatic N) is 1. The van der Waals surface area contributed by atoms with Gasteiger partial charge in [-0.15, -0.1) is 10.1 Å². The summed E-state index contributed by atoms with van der Waals surface area (Å²) >= 11 is 0. The van der Waals surface area contributed by atoms with Gasteiger partial charge >= 0.3 is 0 Å². The molecular weight excluding hydrogens is 194 g/mol. The molecule has 0 aliphatic carbocycles. The Kier molecular flexibility index (Phi) is 5.05. The fourth-order valence-corrected chi connectivity index (χ4v) is 2.07. The molecule has 0 aromatic rings. The van der Waals surface area contributed by atoms with Crippen LogP contribution in [-0.2, 0) is 4.84 Å². The van der Waals surface area contributed by atoms with Gasteiger partial charge in [0.25, 0.3) is 5.09 Å². The van der Waals surface area contributed by atoms with Crippen LogP contribution >= 0.6 is 0 Å². The minimum atomic E-state index is -0.692. The van der Waals surface area contributed by atoms with Crippen LogP contribution in [0.5, 0.6) is 0 Å². The Morgan fingerprint density at radius 2 is 1.67 bits per heavy atom. The maximum atomic E-state index is 10.2. The molecule has 0 saturated heterocycles. The Labute approximate surface area is 92.1 Å². The van der Waals surface area contributed by atoms with E-state index in [1.54, 1.807) is 0 Å². The zero-order chi connectivity index (χ0) is 12.1. The van der Waals surface area contributed by atoms with Gasteiger partial charge in [0.05, 0.1) is 0 Å². The van der Waals surface area contributed by atoms with Crippen LogP contribution in [0, 0.1) is 20.9 Å². The molecule has 0 aromatic carbocycles. The summed E-state index contributed by atoms with van der Waals surface area (Å²) in [6.07, 6.45) is 2.77. The minimum Gasteiger partial charge on any atom is -0.313 e. The third-order valence-electron chi connectivity index (χ3n) is 2.88. The summed E-state index contributed by atoms with van der Waals surface area (Å²) in [6, 6.07) is 0. The minimum absolute atomic E-state index is 0.0642. The topological polar surface area (TPSA) is 52.4 Å². The quantitative estimate of drug-likeness (QED) is 0.506. The molecule has 0 aliphatic rings.